The fourth-order valence-corrected chi connectivity index (χ4v) is 2.83. The highest BCUT2D eigenvalue weighted by Crippen LogP contribution is 2.26. The van der Waals surface area contributed by atoms with Gasteiger partial charge in [-0.05, 0) is 31.7 Å². The van der Waals surface area contributed by atoms with Crippen molar-refractivity contribution < 1.29 is 0 Å². The molecule has 1 saturated heterocycles. The largest absolute Gasteiger partial charge is 0.380 e. The first-order valence-electron chi connectivity index (χ1n) is 6.63. The Bertz CT molecular complexity index is 555. The molecule has 2 aromatic carbocycles. The monoisotopic (exact) mass is 240 g/mol. The van der Waals surface area contributed by atoms with Crippen molar-refractivity contribution in [3.05, 3.63) is 42.5 Å². The highest BCUT2D eigenvalue weighted by Gasteiger charge is 2.30. The van der Waals surface area contributed by atoms with Crippen LogP contribution in [0.5, 0.6) is 0 Å². The first kappa shape index (κ1) is 11.5. The van der Waals surface area contributed by atoms with Crippen molar-refractivity contribution in [2.45, 2.75) is 31.8 Å². The molecule has 3 rings (SSSR count). The van der Waals surface area contributed by atoms with Crippen LogP contribution < -0.4 is 10.6 Å². The highest BCUT2D eigenvalue weighted by atomic mass is 15.1. The Labute approximate surface area is 108 Å². The average Bonchev–Trinajstić information content (AvgIpc) is 2.69. The number of benzene rings is 2. The van der Waals surface area contributed by atoms with E-state index in [-0.39, 0.29) is 5.54 Å². The molecule has 0 saturated carbocycles. The van der Waals surface area contributed by atoms with Crippen LogP contribution in [0.3, 0.4) is 0 Å². The first-order valence-corrected chi connectivity index (χ1v) is 6.63. The van der Waals surface area contributed by atoms with Gasteiger partial charge in [-0.1, -0.05) is 36.4 Å². The molecule has 2 nitrogen and oxygen atoms in total. The summed E-state index contributed by atoms with van der Waals surface area (Å²) in [5, 5.41) is 9.84. The molecule has 18 heavy (non-hydrogen) atoms. The van der Waals surface area contributed by atoms with E-state index in [2.05, 4.69) is 66.9 Å². The van der Waals surface area contributed by atoms with Gasteiger partial charge in [0.1, 0.15) is 0 Å². The van der Waals surface area contributed by atoms with Crippen LogP contribution in [-0.4, -0.2) is 18.1 Å². The zero-order valence-electron chi connectivity index (χ0n) is 11.0. The van der Waals surface area contributed by atoms with Crippen LogP contribution in [0.4, 0.5) is 5.69 Å². The lowest BCUT2D eigenvalue weighted by molar-refractivity contribution is 0.457. The summed E-state index contributed by atoms with van der Waals surface area (Å²) in [6.45, 7) is 5.56. The van der Waals surface area contributed by atoms with Gasteiger partial charge in [-0.15, -0.1) is 0 Å². The molecule has 1 aliphatic rings. The third-order valence-corrected chi connectivity index (χ3v) is 3.73. The van der Waals surface area contributed by atoms with E-state index in [0.29, 0.717) is 6.04 Å². The van der Waals surface area contributed by atoms with E-state index in [1.165, 1.54) is 16.5 Å². The Morgan fingerprint density at radius 2 is 1.89 bits per heavy atom. The second-order valence-corrected chi connectivity index (χ2v) is 5.84. The number of nitrogens with one attached hydrogen (secondary N) is 2. The normalized spacial score (nSPS) is 22.2. The van der Waals surface area contributed by atoms with Crippen molar-refractivity contribution in [1.29, 1.82) is 0 Å². The summed E-state index contributed by atoms with van der Waals surface area (Å²) in [6, 6.07) is 15.5. The zero-order valence-corrected chi connectivity index (χ0v) is 11.0. The molecule has 0 aliphatic carbocycles. The summed E-state index contributed by atoms with van der Waals surface area (Å²) in [5.41, 5.74) is 1.50. The maximum absolute atomic E-state index is 3.68. The molecule has 0 spiro atoms. The Balaban J connectivity index is 1.87. The SMILES string of the molecule is CC1(C)CC(Nc2cccc3ccccc23)CN1. The Morgan fingerprint density at radius 3 is 2.67 bits per heavy atom. The molecule has 0 aromatic heterocycles. The van der Waals surface area contributed by atoms with E-state index < -0.39 is 0 Å². The fourth-order valence-electron chi connectivity index (χ4n) is 2.83. The fraction of sp³-hybridized carbons (Fsp3) is 0.375. The molecule has 1 heterocycles. The zero-order chi connectivity index (χ0) is 12.6. The standard InChI is InChI=1S/C16H20N2/c1-16(2)10-13(11-17-16)18-15-9-5-7-12-6-3-4-8-14(12)15/h3-9,13,17-18H,10-11H2,1-2H3. The van der Waals surface area contributed by atoms with Gasteiger partial charge in [-0.2, -0.15) is 0 Å². The molecule has 0 amide bonds. The average molecular weight is 240 g/mol. The number of anilines is 1. The van der Waals surface area contributed by atoms with Gasteiger partial charge in [0.25, 0.3) is 0 Å². The number of fused-ring (bicyclic) bond motifs is 1. The van der Waals surface area contributed by atoms with Crippen LogP contribution in [0.1, 0.15) is 20.3 Å². The number of rotatable bonds is 2. The Hall–Kier alpha value is -1.54. The van der Waals surface area contributed by atoms with E-state index in [4.69, 9.17) is 0 Å². The number of hydrogen-bond acceptors (Lipinski definition) is 2. The second-order valence-electron chi connectivity index (χ2n) is 5.84. The summed E-state index contributed by atoms with van der Waals surface area (Å²) in [5.74, 6) is 0. The maximum Gasteiger partial charge on any atom is 0.0422 e. The molecule has 1 atom stereocenters. The molecule has 2 N–H and O–H groups in total. The van der Waals surface area contributed by atoms with Crippen molar-refractivity contribution >= 4 is 16.5 Å². The molecule has 94 valence electrons. The third kappa shape index (κ3) is 2.21. The van der Waals surface area contributed by atoms with Crippen LogP contribution in [0.15, 0.2) is 42.5 Å². The Morgan fingerprint density at radius 1 is 1.11 bits per heavy atom. The smallest absolute Gasteiger partial charge is 0.0422 e. The van der Waals surface area contributed by atoms with Crippen LogP contribution in [0, 0.1) is 0 Å². The van der Waals surface area contributed by atoms with Crippen LogP contribution >= 0.6 is 0 Å². The Kier molecular flexibility index (Phi) is 2.75. The van der Waals surface area contributed by atoms with Gasteiger partial charge >= 0.3 is 0 Å². The molecule has 0 bridgehead atoms. The summed E-state index contributed by atoms with van der Waals surface area (Å²) in [4.78, 5) is 0. The van der Waals surface area contributed by atoms with E-state index in [1.807, 2.05) is 0 Å². The minimum atomic E-state index is 0.252. The van der Waals surface area contributed by atoms with Crippen molar-refractivity contribution in [2.75, 3.05) is 11.9 Å². The first-order chi connectivity index (χ1) is 8.64. The molecule has 1 fully saturated rings. The van der Waals surface area contributed by atoms with Gasteiger partial charge in [0, 0.05) is 29.2 Å². The topological polar surface area (TPSA) is 24.1 Å². The van der Waals surface area contributed by atoms with E-state index in [0.717, 1.165) is 13.0 Å². The molecule has 2 heteroatoms. The second kappa shape index (κ2) is 4.29. The molecular weight excluding hydrogens is 220 g/mol. The predicted molar refractivity (Wildman–Crippen MR) is 78.1 cm³/mol. The maximum atomic E-state index is 3.68. The molecule has 1 unspecified atom stereocenters. The van der Waals surface area contributed by atoms with Gasteiger partial charge in [0.15, 0.2) is 0 Å². The molecule has 0 radical (unpaired) electrons. The van der Waals surface area contributed by atoms with Crippen molar-refractivity contribution in [2.24, 2.45) is 0 Å². The lowest BCUT2D eigenvalue weighted by atomic mass is 10.0. The van der Waals surface area contributed by atoms with Gasteiger partial charge < -0.3 is 10.6 Å². The highest BCUT2D eigenvalue weighted by molar-refractivity contribution is 5.93. The van der Waals surface area contributed by atoms with E-state index in [1.54, 1.807) is 0 Å². The van der Waals surface area contributed by atoms with Crippen LogP contribution in [0.2, 0.25) is 0 Å². The minimum Gasteiger partial charge on any atom is -0.380 e. The lowest BCUT2D eigenvalue weighted by Gasteiger charge is -2.18. The van der Waals surface area contributed by atoms with Crippen molar-refractivity contribution in [1.82, 2.24) is 5.32 Å². The number of hydrogen-bond donors (Lipinski definition) is 2. The van der Waals surface area contributed by atoms with Crippen LogP contribution in [-0.2, 0) is 0 Å². The third-order valence-electron chi connectivity index (χ3n) is 3.73. The van der Waals surface area contributed by atoms with Gasteiger partial charge in [0.2, 0.25) is 0 Å². The van der Waals surface area contributed by atoms with Crippen LogP contribution in [0.25, 0.3) is 10.8 Å². The molecule has 1 aliphatic heterocycles. The minimum absolute atomic E-state index is 0.252. The summed E-state index contributed by atoms with van der Waals surface area (Å²) in [7, 11) is 0. The lowest BCUT2D eigenvalue weighted by Crippen LogP contribution is -2.31. The quantitative estimate of drug-likeness (QED) is 0.840. The van der Waals surface area contributed by atoms with Crippen molar-refractivity contribution in [3.8, 4) is 0 Å². The van der Waals surface area contributed by atoms with Gasteiger partial charge in [-0.25, -0.2) is 0 Å². The van der Waals surface area contributed by atoms with Crippen molar-refractivity contribution in [3.63, 3.8) is 0 Å². The predicted octanol–water partition coefficient (Wildman–Crippen LogP) is 3.39. The van der Waals surface area contributed by atoms with E-state index >= 15 is 0 Å². The van der Waals surface area contributed by atoms with Gasteiger partial charge in [-0.3, -0.25) is 0 Å². The van der Waals surface area contributed by atoms with Gasteiger partial charge in [0.05, 0.1) is 0 Å². The van der Waals surface area contributed by atoms with E-state index in [9.17, 15) is 0 Å². The summed E-state index contributed by atoms with van der Waals surface area (Å²) >= 11 is 0. The molecular formula is C16H20N2. The summed E-state index contributed by atoms with van der Waals surface area (Å²) in [6.07, 6.45) is 1.16. The molecule has 2 aromatic rings. The summed E-state index contributed by atoms with van der Waals surface area (Å²) < 4.78 is 0.